The fourth-order valence-corrected chi connectivity index (χ4v) is 2.12. The SMILES string of the molecule is Nc1c(F)cccc1C(O)c1cccs1. The van der Waals surface area contributed by atoms with Crippen molar-refractivity contribution < 1.29 is 9.50 Å². The predicted molar refractivity (Wildman–Crippen MR) is 59.2 cm³/mol. The second-order valence-corrected chi connectivity index (χ2v) is 4.14. The molecule has 78 valence electrons. The molecular weight excluding hydrogens is 213 g/mol. The van der Waals surface area contributed by atoms with Gasteiger partial charge in [0.15, 0.2) is 0 Å². The number of para-hydroxylation sites is 1. The number of anilines is 1. The van der Waals surface area contributed by atoms with Gasteiger partial charge >= 0.3 is 0 Å². The lowest BCUT2D eigenvalue weighted by Crippen LogP contribution is -2.03. The molecule has 4 heteroatoms. The van der Waals surface area contributed by atoms with Gasteiger partial charge in [0.1, 0.15) is 11.9 Å². The van der Waals surface area contributed by atoms with Crippen LogP contribution in [0.3, 0.4) is 0 Å². The van der Waals surface area contributed by atoms with Crippen LogP contribution >= 0.6 is 11.3 Å². The van der Waals surface area contributed by atoms with Gasteiger partial charge in [-0.1, -0.05) is 18.2 Å². The zero-order valence-electron chi connectivity index (χ0n) is 7.85. The maximum absolute atomic E-state index is 13.1. The number of aliphatic hydroxyl groups is 1. The summed E-state index contributed by atoms with van der Waals surface area (Å²) in [6.45, 7) is 0. The molecule has 0 bridgehead atoms. The molecule has 0 radical (unpaired) electrons. The highest BCUT2D eigenvalue weighted by molar-refractivity contribution is 7.10. The molecule has 0 saturated carbocycles. The van der Waals surface area contributed by atoms with E-state index in [0.717, 1.165) is 4.88 Å². The van der Waals surface area contributed by atoms with Crippen molar-refractivity contribution >= 4 is 17.0 Å². The Bertz CT molecular complexity index is 456. The van der Waals surface area contributed by atoms with Crippen molar-refractivity contribution in [1.29, 1.82) is 0 Å². The Labute approximate surface area is 90.8 Å². The van der Waals surface area contributed by atoms with Gasteiger partial charge in [-0.05, 0) is 17.5 Å². The molecule has 15 heavy (non-hydrogen) atoms. The monoisotopic (exact) mass is 223 g/mol. The molecule has 0 saturated heterocycles. The van der Waals surface area contributed by atoms with Gasteiger partial charge in [-0.3, -0.25) is 0 Å². The number of rotatable bonds is 2. The second kappa shape index (κ2) is 4.00. The maximum Gasteiger partial charge on any atom is 0.146 e. The highest BCUT2D eigenvalue weighted by atomic mass is 32.1. The molecule has 0 aliphatic heterocycles. The third-order valence-corrected chi connectivity index (χ3v) is 3.12. The largest absolute Gasteiger partial charge is 0.396 e. The molecule has 1 atom stereocenters. The van der Waals surface area contributed by atoms with E-state index in [1.54, 1.807) is 12.1 Å². The van der Waals surface area contributed by atoms with Crippen LogP contribution in [-0.2, 0) is 0 Å². The van der Waals surface area contributed by atoms with E-state index in [0.29, 0.717) is 5.56 Å². The summed E-state index contributed by atoms with van der Waals surface area (Å²) in [5.74, 6) is -0.497. The molecule has 0 fully saturated rings. The summed E-state index contributed by atoms with van der Waals surface area (Å²) < 4.78 is 13.1. The molecule has 1 aromatic carbocycles. The minimum absolute atomic E-state index is 0.0124. The Hall–Kier alpha value is -1.39. The molecule has 0 amide bonds. The van der Waals surface area contributed by atoms with Gasteiger partial charge in [-0.25, -0.2) is 4.39 Å². The Balaban J connectivity index is 2.42. The molecule has 0 aliphatic carbocycles. The topological polar surface area (TPSA) is 46.2 Å². The van der Waals surface area contributed by atoms with E-state index in [9.17, 15) is 9.50 Å². The van der Waals surface area contributed by atoms with Crippen LogP contribution in [0.5, 0.6) is 0 Å². The lowest BCUT2D eigenvalue weighted by molar-refractivity contribution is 0.224. The summed E-state index contributed by atoms with van der Waals surface area (Å²) in [5.41, 5.74) is 5.99. The second-order valence-electron chi connectivity index (χ2n) is 3.16. The Morgan fingerprint density at radius 2 is 2.07 bits per heavy atom. The van der Waals surface area contributed by atoms with Crippen LogP contribution in [0.1, 0.15) is 16.5 Å². The van der Waals surface area contributed by atoms with Crippen LogP contribution in [0.25, 0.3) is 0 Å². The third-order valence-electron chi connectivity index (χ3n) is 2.19. The summed E-state index contributed by atoms with van der Waals surface area (Å²) in [5, 5.41) is 11.8. The van der Waals surface area contributed by atoms with Crippen molar-refractivity contribution in [2.24, 2.45) is 0 Å². The molecule has 3 N–H and O–H groups in total. The van der Waals surface area contributed by atoms with Gasteiger partial charge in [-0.2, -0.15) is 0 Å². The first-order chi connectivity index (χ1) is 7.20. The van der Waals surface area contributed by atoms with E-state index < -0.39 is 11.9 Å². The van der Waals surface area contributed by atoms with E-state index in [1.165, 1.54) is 23.5 Å². The van der Waals surface area contributed by atoms with Gasteiger partial charge in [0.2, 0.25) is 0 Å². The first-order valence-electron chi connectivity index (χ1n) is 4.45. The van der Waals surface area contributed by atoms with E-state index in [-0.39, 0.29) is 5.69 Å². The van der Waals surface area contributed by atoms with Gasteiger partial charge in [0.05, 0.1) is 5.69 Å². The minimum atomic E-state index is -0.847. The van der Waals surface area contributed by atoms with Gasteiger partial charge in [-0.15, -0.1) is 11.3 Å². The zero-order valence-corrected chi connectivity index (χ0v) is 8.67. The summed E-state index contributed by atoms with van der Waals surface area (Å²) in [7, 11) is 0. The zero-order chi connectivity index (χ0) is 10.8. The lowest BCUT2D eigenvalue weighted by atomic mass is 10.1. The number of hydrogen-bond donors (Lipinski definition) is 2. The molecule has 2 nitrogen and oxygen atoms in total. The van der Waals surface area contributed by atoms with Crippen molar-refractivity contribution in [3.63, 3.8) is 0 Å². The summed E-state index contributed by atoms with van der Waals surface area (Å²) >= 11 is 1.41. The number of thiophene rings is 1. The van der Waals surface area contributed by atoms with Crippen LogP contribution in [-0.4, -0.2) is 5.11 Å². The molecule has 1 heterocycles. The molecule has 1 aromatic heterocycles. The van der Waals surface area contributed by atoms with Gasteiger partial charge in [0.25, 0.3) is 0 Å². The smallest absolute Gasteiger partial charge is 0.146 e. The van der Waals surface area contributed by atoms with Crippen LogP contribution in [0.15, 0.2) is 35.7 Å². The molecule has 2 rings (SSSR count). The highest BCUT2D eigenvalue weighted by Crippen LogP contribution is 2.30. The highest BCUT2D eigenvalue weighted by Gasteiger charge is 2.15. The fourth-order valence-electron chi connectivity index (χ4n) is 1.39. The van der Waals surface area contributed by atoms with Crippen molar-refractivity contribution in [3.8, 4) is 0 Å². The number of nitrogen functional groups attached to an aromatic ring is 1. The van der Waals surface area contributed by atoms with Crippen molar-refractivity contribution in [1.82, 2.24) is 0 Å². The molecule has 0 aliphatic rings. The maximum atomic E-state index is 13.1. The third kappa shape index (κ3) is 1.86. The van der Waals surface area contributed by atoms with Crippen molar-refractivity contribution in [2.45, 2.75) is 6.10 Å². The van der Waals surface area contributed by atoms with Crippen LogP contribution < -0.4 is 5.73 Å². The first kappa shape index (κ1) is 10.1. The van der Waals surface area contributed by atoms with Gasteiger partial charge in [0, 0.05) is 10.4 Å². The van der Waals surface area contributed by atoms with E-state index in [1.807, 2.05) is 11.4 Å². The normalized spacial score (nSPS) is 12.7. The van der Waals surface area contributed by atoms with Gasteiger partial charge < -0.3 is 10.8 Å². The number of aliphatic hydroxyl groups excluding tert-OH is 1. The Morgan fingerprint density at radius 3 is 2.73 bits per heavy atom. The number of nitrogens with two attached hydrogens (primary N) is 1. The summed E-state index contributed by atoms with van der Waals surface area (Å²) in [6.07, 6.45) is -0.847. The van der Waals surface area contributed by atoms with Crippen LogP contribution in [0.4, 0.5) is 10.1 Å². The average molecular weight is 223 g/mol. The van der Waals surface area contributed by atoms with Crippen LogP contribution in [0.2, 0.25) is 0 Å². The fraction of sp³-hybridized carbons (Fsp3) is 0.0909. The predicted octanol–water partition coefficient (Wildman–Crippen LogP) is 2.55. The molecule has 0 spiro atoms. The van der Waals surface area contributed by atoms with E-state index in [2.05, 4.69) is 0 Å². The lowest BCUT2D eigenvalue weighted by Gasteiger charge is -2.11. The number of benzene rings is 1. The summed E-state index contributed by atoms with van der Waals surface area (Å²) in [6, 6.07) is 8.07. The quantitative estimate of drug-likeness (QED) is 0.768. The number of halogens is 1. The van der Waals surface area contributed by atoms with E-state index in [4.69, 9.17) is 5.73 Å². The van der Waals surface area contributed by atoms with E-state index >= 15 is 0 Å². The van der Waals surface area contributed by atoms with Crippen molar-refractivity contribution in [2.75, 3.05) is 5.73 Å². The molecule has 1 unspecified atom stereocenters. The Morgan fingerprint density at radius 1 is 1.27 bits per heavy atom. The molecular formula is C11H10FNOS. The standard InChI is InChI=1S/C11H10FNOS/c12-8-4-1-3-7(10(8)13)11(14)9-5-2-6-15-9/h1-6,11,14H,13H2. The number of hydrogen-bond acceptors (Lipinski definition) is 3. The Kier molecular flexibility index (Phi) is 2.70. The van der Waals surface area contributed by atoms with Crippen molar-refractivity contribution in [3.05, 3.63) is 52.0 Å². The van der Waals surface area contributed by atoms with Crippen LogP contribution in [0, 0.1) is 5.82 Å². The minimum Gasteiger partial charge on any atom is -0.396 e. The average Bonchev–Trinajstić information content (AvgIpc) is 2.74. The molecule has 2 aromatic rings. The first-order valence-corrected chi connectivity index (χ1v) is 5.33. The summed E-state index contributed by atoms with van der Waals surface area (Å²) in [4.78, 5) is 0.757.